The van der Waals surface area contributed by atoms with Crippen LogP contribution in [0.5, 0.6) is 0 Å². The summed E-state index contributed by atoms with van der Waals surface area (Å²) in [5, 5.41) is 9.21. The summed E-state index contributed by atoms with van der Waals surface area (Å²) in [6, 6.07) is 0. The molecule has 6 heteroatoms. The van der Waals surface area contributed by atoms with E-state index in [9.17, 15) is 9.90 Å². The molecule has 1 saturated heterocycles. The van der Waals surface area contributed by atoms with E-state index in [0.29, 0.717) is 5.56 Å². The van der Waals surface area contributed by atoms with E-state index < -0.39 is 24.3 Å². The molecule has 112 valence electrons. The summed E-state index contributed by atoms with van der Waals surface area (Å²) in [5.41, 5.74) is 0.758. The maximum Gasteiger partial charge on any atom is 0.487 e. The van der Waals surface area contributed by atoms with Gasteiger partial charge in [0, 0.05) is 12.4 Å². The molecule has 2 heterocycles. The minimum absolute atomic E-state index is 0.169. The van der Waals surface area contributed by atoms with Gasteiger partial charge in [-0.2, -0.15) is 0 Å². The highest BCUT2D eigenvalue weighted by molar-refractivity contribution is 6.52. The molecule has 21 heavy (non-hydrogen) atoms. The van der Waals surface area contributed by atoms with Crippen LogP contribution in [0, 0.1) is 6.92 Å². The van der Waals surface area contributed by atoms with E-state index in [1.165, 1.54) is 6.20 Å². The molecule has 5 nitrogen and oxygen atoms in total. The average molecular weight is 289 g/mol. The van der Waals surface area contributed by atoms with Crippen molar-refractivity contribution in [3.05, 3.63) is 35.1 Å². The molecule has 0 bridgehead atoms. The molecule has 0 unspecified atom stereocenters. The van der Waals surface area contributed by atoms with Crippen molar-refractivity contribution in [2.45, 2.75) is 45.8 Å². The standard InChI is InChI=1S/C15H20BNO4/c1-10-8-17-9-12(13(18)19)11(10)6-7-16-20-14(2,3)15(4,5)21-16/h6-9H,1-5H3,(H,18,19)/b7-6+. The molecule has 1 aromatic heterocycles. The quantitative estimate of drug-likeness (QED) is 0.866. The monoisotopic (exact) mass is 289 g/mol. The second kappa shape index (κ2) is 5.28. The second-order valence-electron chi connectivity index (χ2n) is 6.21. The highest BCUT2D eigenvalue weighted by Crippen LogP contribution is 2.37. The van der Waals surface area contributed by atoms with E-state index in [-0.39, 0.29) is 5.56 Å². The summed E-state index contributed by atoms with van der Waals surface area (Å²) < 4.78 is 11.7. The van der Waals surface area contributed by atoms with Crippen molar-refractivity contribution < 1.29 is 19.2 Å². The van der Waals surface area contributed by atoms with Crippen molar-refractivity contribution in [3.63, 3.8) is 0 Å². The first-order valence-electron chi connectivity index (χ1n) is 6.86. The zero-order chi connectivity index (χ0) is 15.8. The summed E-state index contributed by atoms with van der Waals surface area (Å²) in [7, 11) is -0.496. The van der Waals surface area contributed by atoms with Crippen molar-refractivity contribution in [3.8, 4) is 0 Å². The van der Waals surface area contributed by atoms with Gasteiger partial charge in [0.1, 0.15) is 0 Å². The number of aryl methyl sites for hydroxylation is 1. The van der Waals surface area contributed by atoms with Crippen LogP contribution in [0.3, 0.4) is 0 Å². The lowest BCUT2D eigenvalue weighted by Gasteiger charge is -2.32. The fourth-order valence-corrected chi connectivity index (χ4v) is 2.11. The van der Waals surface area contributed by atoms with Gasteiger partial charge in [-0.25, -0.2) is 4.79 Å². The van der Waals surface area contributed by atoms with Crippen molar-refractivity contribution in [2.75, 3.05) is 0 Å². The molecule has 0 saturated carbocycles. The van der Waals surface area contributed by atoms with Crippen molar-refractivity contribution in [2.24, 2.45) is 0 Å². The first-order chi connectivity index (χ1) is 9.64. The van der Waals surface area contributed by atoms with Gasteiger partial charge >= 0.3 is 13.1 Å². The highest BCUT2D eigenvalue weighted by Gasteiger charge is 2.50. The van der Waals surface area contributed by atoms with Crippen LogP contribution in [0.25, 0.3) is 6.08 Å². The summed E-state index contributed by atoms with van der Waals surface area (Å²) in [6.07, 6.45) is 4.71. The van der Waals surface area contributed by atoms with Gasteiger partial charge in [0.2, 0.25) is 0 Å². The third kappa shape index (κ3) is 3.01. The van der Waals surface area contributed by atoms with Gasteiger partial charge in [0.15, 0.2) is 0 Å². The maximum absolute atomic E-state index is 11.2. The van der Waals surface area contributed by atoms with Crippen LogP contribution in [-0.2, 0) is 9.31 Å². The molecule has 1 aliphatic heterocycles. The van der Waals surface area contributed by atoms with Gasteiger partial charge in [-0.05, 0) is 45.7 Å². The molecule has 0 aliphatic carbocycles. The van der Waals surface area contributed by atoms with Crippen LogP contribution in [0.1, 0.15) is 49.2 Å². The Hall–Kier alpha value is -1.66. The smallest absolute Gasteiger partial charge is 0.478 e. The number of hydrogen-bond acceptors (Lipinski definition) is 4. The zero-order valence-electron chi connectivity index (χ0n) is 13.0. The predicted octanol–water partition coefficient (Wildman–Crippen LogP) is 2.73. The van der Waals surface area contributed by atoms with Gasteiger partial charge in [0.25, 0.3) is 0 Å². The molecule has 0 radical (unpaired) electrons. The van der Waals surface area contributed by atoms with Crippen molar-refractivity contribution in [1.82, 2.24) is 4.98 Å². The van der Waals surface area contributed by atoms with Gasteiger partial charge in [-0.1, -0.05) is 12.1 Å². The van der Waals surface area contributed by atoms with E-state index in [2.05, 4.69) is 4.98 Å². The molecule has 1 aromatic rings. The van der Waals surface area contributed by atoms with Gasteiger partial charge < -0.3 is 14.4 Å². The Morgan fingerprint density at radius 2 is 1.81 bits per heavy atom. The van der Waals surface area contributed by atoms with E-state index in [0.717, 1.165) is 5.56 Å². The predicted molar refractivity (Wildman–Crippen MR) is 81.0 cm³/mol. The van der Waals surface area contributed by atoms with Crippen LogP contribution in [-0.4, -0.2) is 34.4 Å². The van der Waals surface area contributed by atoms with Gasteiger partial charge in [-0.3, -0.25) is 4.98 Å². The number of aromatic carboxylic acids is 1. The molecule has 0 spiro atoms. The summed E-state index contributed by atoms with van der Waals surface area (Å²) in [4.78, 5) is 15.2. The van der Waals surface area contributed by atoms with E-state index in [1.807, 2.05) is 34.6 Å². The molecule has 0 aromatic carbocycles. The van der Waals surface area contributed by atoms with Gasteiger partial charge in [0.05, 0.1) is 16.8 Å². The zero-order valence-corrected chi connectivity index (χ0v) is 13.0. The Morgan fingerprint density at radius 3 is 2.33 bits per heavy atom. The first-order valence-corrected chi connectivity index (χ1v) is 6.86. The van der Waals surface area contributed by atoms with Crippen molar-refractivity contribution in [1.29, 1.82) is 0 Å². The summed E-state index contributed by atoms with van der Waals surface area (Å²) in [5.74, 6) is 0.741. The molecule has 1 fully saturated rings. The molecule has 2 rings (SSSR count). The minimum Gasteiger partial charge on any atom is -0.478 e. The number of nitrogens with zero attached hydrogens (tertiary/aromatic N) is 1. The second-order valence-corrected chi connectivity index (χ2v) is 6.21. The van der Waals surface area contributed by atoms with Crippen LogP contribution < -0.4 is 0 Å². The largest absolute Gasteiger partial charge is 0.487 e. The fraction of sp³-hybridized carbons (Fsp3) is 0.467. The topological polar surface area (TPSA) is 68.7 Å². The SMILES string of the molecule is Cc1cncc(C(=O)O)c1/C=C/B1OC(C)(C)C(C)(C)O1. The lowest BCUT2D eigenvalue weighted by Crippen LogP contribution is -2.41. The highest BCUT2D eigenvalue weighted by atomic mass is 16.7. The van der Waals surface area contributed by atoms with Crippen LogP contribution in [0.15, 0.2) is 18.4 Å². The maximum atomic E-state index is 11.2. The molecule has 1 aliphatic rings. The number of carboxylic acid groups (broad SMARTS) is 1. The van der Waals surface area contributed by atoms with Crippen LogP contribution in [0.2, 0.25) is 0 Å². The van der Waals surface area contributed by atoms with Crippen LogP contribution >= 0.6 is 0 Å². The number of aromatic nitrogens is 1. The number of pyridine rings is 1. The van der Waals surface area contributed by atoms with E-state index in [4.69, 9.17) is 9.31 Å². The third-order valence-corrected chi connectivity index (χ3v) is 4.11. The first kappa shape index (κ1) is 15.7. The Kier molecular flexibility index (Phi) is 3.95. The molecular formula is C15H20BNO4. The number of carboxylic acids is 1. The van der Waals surface area contributed by atoms with Gasteiger partial charge in [-0.15, -0.1) is 0 Å². The van der Waals surface area contributed by atoms with Crippen molar-refractivity contribution >= 4 is 19.2 Å². The lowest BCUT2D eigenvalue weighted by molar-refractivity contribution is 0.00578. The number of rotatable bonds is 3. The summed E-state index contributed by atoms with van der Waals surface area (Å²) in [6.45, 7) is 9.72. The number of carbonyl (C=O) groups is 1. The Labute approximate surface area is 125 Å². The Morgan fingerprint density at radius 1 is 1.24 bits per heavy atom. The Balaban J connectivity index is 2.26. The van der Waals surface area contributed by atoms with E-state index in [1.54, 1.807) is 18.2 Å². The average Bonchev–Trinajstić information content (AvgIpc) is 2.55. The normalized spacial score (nSPS) is 20.1. The molecular weight excluding hydrogens is 269 g/mol. The molecule has 0 amide bonds. The minimum atomic E-state index is -1.00. The number of hydrogen-bond donors (Lipinski definition) is 1. The molecule has 0 atom stereocenters. The summed E-state index contributed by atoms with van der Waals surface area (Å²) >= 11 is 0. The third-order valence-electron chi connectivity index (χ3n) is 4.11. The molecule has 1 N–H and O–H groups in total. The fourth-order valence-electron chi connectivity index (χ4n) is 2.11. The Bertz CT molecular complexity index is 579. The van der Waals surface area contributed by atoms with Crippen LogP contribution in [0.4, 0.5) is 0 Å². The van der Waals surface area contributed by atoms with E-state index >= 15 is 0 Å². The lowest BCUT2D eigenvalue weighted by atomic mass is 9.88.